The summed E-state index contributed by atoms with van der Waals surface area (Å²) in [7, 11) is 0. The van der Waals surface area contributed by atoms with Gasteiger partial charge in [-0.15, -0.1) is 0 Å². The molecule has 4 nitrogen and oxygen atoms in total. The quantitative estimate of drug-likeness (QED) is 0.319. The Bertz CT molecular complexity index is 1030. The van der Waals surface area contributed by atoms with Crippen LogP contribution < -0.4 is 4.74 Å². The Kier molecular flexibility index (Phi) is 8.90. The smallest absolute Gasteiger partial charge is 0.194 e. The van der Waals surface area contributed by atoms with Crippen molar-refractivity contribution in [3.8, 4) is 11.8 Å². The van der Waals surface area contributed by atoms with Crippen LogP contribution in [0.2, 0.25) is 5.02 Å². The van der Waals surface area contributed by atoms with Crippen LogP contribution in [-0.2, 0) is 9.53 Å². The molecule has 0 amide bonds. The largest absolute Gasteiger partial charge is 0.479 e. The highest BCUT2D eigenvalue weighted by Crippen LogP contribution is 2.30. The van der Waals surface area contributed by atoms with Crippen molar-refractivity contribution in [2.45, 2.75) is 53.1 Å². The Morgan fingerprint density at radius 3 is 2.45 bits per heavy atom. The van der Waals surface area contributed by atoms with Crippen molar-refractivity contribution in [2.75, 3.05) is 0 Å². The minimum absolute atomic E-state index is 0.309. The minimum Gasteiger partial charge on any atom is -0.479 e. The van der Waals surface area contributed by atoms with E-state index in [1.807, 2.05) is 57.2 Å². The number of carbonyl (C=O) groups is 1. The molecule has 31 heavy (non-hydrogen) atoms. The molecule has 0 fully saturated rings. The number of nitrogens with zero attached hydrogens (tertiary/aromatic N) is 1. The third-order valence-electron chi connectivity index (χ3n) is 4.70. The lowest BCUT2D eigenvalue weighted by molar-refractivity contribution is -0.127. The molecule has 0 radical (unpaired) electrons. The lowest BCUT2D eigenvalue weighted by Gasteiger charge is -2.21. The summed E-state index contributed by atoms with van der Waals surface area (Å²) in [5.74, 6) is 0.180. The first-order valence-corrected chi connectivity index (χ1v) is 10.7. The Balaban J connectivity index is 2.22. The topological polar surface area (TPSA) is 59.3 Å². The van der Waals surface area contributed by atoms with Crippen LogP contribution in [-0.4, -0.2) is 11.9 Å². The molecule has 0 heterocycles. The SMILES string of the molecule is C/C=C(OC(C)C(=O)C(C#N)c1cccc(C)c1)\C(=C/CC)Oc1ccc(C)cc1Cl. The Morgan fingerprint density at radius 1 is 1.16 bits per heavy atom. The number of ketones is 1. The predicted octanol–water partition coefficient (Wildman–Crippen LogP) is 6.81. The van der Waals surface area contributed by atoms with E-state index >= 15 is 0 Å². The second-order valence-corrected chi connectivity index (χ2v) is 7.71. The number of aryl methyl sites for hydroxylation is 2. The van der Waals surface area contributed by atoms with Gasteiger partial charge in [0.15, 0.2) is 23.4 Å². The molecule has 2 aromatic rings. The van der Waals surface area contributed by atoms with Crippen molar-refractivity contribution >= 4 is 17.4 Å². The van der Waals surface area contributed by atoms with Gasteiger partial charge in [-0.25, -0.2) is 0 Å². The van der Waals surface area contributed by atoms with Gasteiger partial charge in [0.05, 0.1) is 11.1 Å². The molecule has 162 valence electrons. The first-order chi connectivity index (χ1) is 14.8. The van der Waals surface area contributed by atoms with Crippen molar-refractivity contribution in [2.24, 2.45) is 0 Å². The molecule has 0 aliphatic heterocycles. The van der Waals surface area contributed by atoms with Crippen molar-refractivity contribution in [1.82, 2.24) is 0 Å². The summed E-state index contributed by atoms with van der Waals surface area (Å²) < 4.78 is 12.0. The molecule has 2 aromatic carbocycles. The molecule has 5 heteroatoms. The molecule has 0 spiro atoms. The summed E-state index contributed by atoms with van der Waals surface area (Å²) in [4.78, 5) is 13.0. The van der Waals surface area contributed by atoms with E-state index in [9.17, 15) is 10.1 Å². The van der Waals surface area contributed by atoms with Crippen LogP contribution in [0, 0.1) is 25.2 Å². The van der Waals surface area contributed by atoms with E-state index in [0.29, 0.717) is 34.3 Å². The van der Waals surface area contributed by atoms with Crippen molar-refractivity contribution in [1.29, 1.82) is 5.26 Å². The molecule has 0 aromatic heterocycles. The van der Waals surface area contributed by atoms with Gasteiger partial charge in [-0.05, 0) is 69.5 Å². The van der Waals surface area contributed by atoms with Crippen molar-refractivity contribution in [3.63, 3.8) is 0 Å². The van der Waals surface area contributed by atoms with Crippen LogP contribution in [0.5, 0.6) is 5.75 Å². The predicted molar refractivity (Wildman–Crippen MR) is 124 cm³/mol. The van der Waals surface area contributed by atoms with E-state index in [2.05, 4.69) is 6.07 Å². The highest BCUT2D eigenvalue weighted by molar-refractivity contribution is 6.32. The number of nitriles is 1. The second kappa shape index (κ2) is 11.4. The highest BCUT2D eigenvalue weighted by atomic mass is 35.5. The van der Waals surface area contributed by atoms with Gasteiger partial charge < -0.3 is 9.47 Å². The number of benzene rings is 2. The van der Waals surface area contributed by atoms with Gasteiger partial charge >= 0.3 is 0 Å². The Morgan fingerprint density at radius 2 is 1.87 bits per heavy atom. The van der Waals surface area contributed by atoms with Gasteiger partial charge in [-0.3, -0.25) is 4.79 Å². The minimum atomic E-state index is -0.904. The van der Waals surface area contributed by atoms with Crippen LogP contribution in [0.25, 0.3) is 0 Å². The molecular weight excluding hydrogens is 410 g/mol. The molecule has 0 saturated heterocycles. The summed E-state index contributed by atoms with van der Waals surface area (Å²) >= 11 is 6.32. The maximum atomic E-state index is 13.0. The summed E-state index contributed by atoms with van der Waals surface area (Å²) in [6, 6.07) is 15.0. The van der Waals surface area contributed by atoms with E-state index in [0.717, 1.165) is 11.1 Å². The third kappa shape index (κ3) is 6.47. The Labute approximate surface area is 189 Å². The molecule has 2 unspecified atom stereocenters. The van der Waals surface area contributed by atoms with E-state index < -0.39 is 12.0 Å². The second-order valence-electron chi connectivity index (χ2n) is 7.30. The van der Waals surface area contributed by atoms with Gasteiger partial charge in [0.1, 0.15) is 11.7 Å². The van der Waals surface area contributed by atoms with Crippen LogP contribution >= 0.6 is 11.6 Å². The number of allylic oxidation sites excluding steroid dienone is 2. The molecule has 2 rings (SSSR count). The highest BCUT2D eigenvalue weighted by Gasteiger charge is 2.28. The van der Waals surface area contributed by atoms with Crippen molar-refractivity contribution in [3.05, 3.63) is 87.8 Å². The van der Waals surface area contributed by atoms with Crippen LogP contribution in [0.1, 0.15) is 49.8 Å². The Hall–Kier alpha value is -3.03. The van der Waals surface area contributed by atoms with Crippen LogP contribution in [0.4, 0.5) is 0 Å². The van der Waals surface area contributed by atoms with Gasteiger partial charge in [0.25, 0.3) is 0 Å². The maximum Gasteiger partial charge on any atom is 0.194 e. The maximum absolute atomic E-state index is 13.0. The van der Waals surface area contributed by atoms with Gasteiger partial charge in [0.2, 0.25) is 0 Å². The van der Waals surface area contributed by atoms with E-state index in [1.165, 1.54) is 0 Å². The fourth-order valence-electron chi connectivity index (χ4n) is 3.09. The zero-order valence-electron chi connectivity index (χ0n) is 18.6. The summed E-state index contributed by atoms with van der Waals surface area (Å²) in [6.07, 6.45) is 3.46. The molecule has 0 aliphatic rings. The fraction of sp³-hybridized carbons (Fsp3) is 0.308. The zero-order chi connectivity index (χ0) is 23.0. The van der Waals surface area contributed by atoms with Crippen LogP contribution in [0.15, 0.2) is 66.1 Å². The number of hydrogen-bond acceptors (Lipinski definition) is 4. The summed E-state index contributed by atoms with van der Waals surface area (Å²) in [5.41, 5.74) is 2.68. The van der Waals surface area contributed by atoms with Crippen molar-refractivity contribution < 1.29 is 14.3 Å². The number of hydrogen-bond donors (Lipinski definition) is 0. The molecule has 0 saturated carbocycles. The normalized spacial score (nSPS) is 13.8. The molecule has 0 bridgehead atoms. The number of halogens is 1. The summed E-state index contributed by atoms with van der Waals surface area (Å²) in [6.45, 7) is 9.31. The average molecular weight is 438 g/mol. The standard InChI is InChI=1S/C26H28ClNO3/c1-6-9-25(31-24-13-12-18(4)15-22(24)27)23(7-2)30-19(5)26(29)21(16-28)20-11-8-10-17(3)14-20/h7-15,19,21H,6H2,1-5H3/b23-7+,25-9+. The zero-order valence-corrected chi connectivity index (χ0v) is 19.4. The summed E-state index contributed by atoms with van der Waals surface area (Å²) in [5, 5.41) is 10.1. The van der Waals surface area contributed by atoms with E-state index in [1.54, 1.807) is 32.1 Å². The van der Waals surface area contributed by atoms with E-state index in [-0.39, 0.29) is 5.78 Å². The molecule has 2 atom stereocenters. The first-order valence-electron chi connectivity index (χ1n) is 10.3. The van der Waals surface area contributed by atoms with Crippen LogP contribution in [0.3, 0.4) is 0 Å². The van der Waals surface area contributed by atoms with Gasteiger partial charge in [-0.2, -0.15) is 5.26 Å². The number of ether oxygens (including phenoxy) is 2. The monoisotopic (exact) mass is 437 g/mol. The van der Waals surface area contributed by atoms with E-state index in [4.69, 9.17) is 21.1 Å². The number of carbonyl (C=O) groups excluding carboxylic acids is 1. The van der Waals surface area contributed by atoms with Gasteiger partial charge in [-0.1, -0.05) is 54.4 Å². The van der Waals surface area contributed by atoms with Gasteiger partial charge in [0, 0.05) is 0 Å². The first kappa shape index (κ1) is 24.2. The number of rotatable bonds is 9. The molecule has 0 N–H and O–H groups in total. The lowest BCUT2D eigenvalue weighted by Crippen LogP contribution is -2.27. The lowest BCUT2D eigenvalue weighted by atomic mass is 9.92. The average Bonchev–Trinajstić information content (AvgIpc) is 2.74. The number of Topliss-reactive ketones (excluding diaryl/α,β-unsaturated/α-hetero) is 1. The molecular formula is C26H28ClNO3. The molecule has 0 aliphatic carbocycles. The third-order valence-corrected chi connectivity index (χ3v) is 4.99. The fourth-order valence-corrected chi connectivity index (χ4v) is 3.36.